The van der Waals surface area contributed by atoms with E-state index in [1.165, 1.54) is 24.8 Å². The van der Waals surface area contributed by atoms with E-state index in [4.69, 9.17) is 0 Å². The molecule has 4 rings (SSSR count). The topological polar surface area (TPSA) is 49.3 Å². The average molecular weight is 379 g/mol. The summed E-state index contributed by atoms with van der Waals surface area (Å²) >= 11 is 0. The van der Waals surface area contributed by atoms with Crippen molar-refractivity contribution in [2.75, 3.05) is 31.1 Å². The zero-order chi connectivity index (χ0) is 19.3. The fourth-order valence-electron chi connectivity index (χ4n) is 4.32. The molecular formula is C23H30N4O. The first-order valence-electron chi connectivity index (χ1n) is 10.7. The van der Waals surface area contributed by atoms with Crippen LogP contribution in [0, 0.1) is 5.92 Å². The number of piperazine rings is 1. The smallest absolute Gasteiger partial charge is 0.225 e. The monoisotopic (exact) mass is 378 g/mol. The minimum atomic E-state index is 0.262. The van der Waals surface area contributed by atoms with E-state index in [0.717, 1.165) is 62.5 Å². The van der Waals surface area contributed by atoms with Gasteiger partial charge in [-0.25, -0.2) is 0 Å². The van der Waals surface area contributed by atoms with E-state index in [-0.39, 0.29) is 5.92 Å². The van der Waals surface area contributed by atoms with E-state index < -0.39 is 0 Å². The molecule has 1 aromatic heterocycles. The summed E-state index contributed by atoms with van der Waals surface area (Å²) in [7, 11) is 0. The molecule has 28 heavy (non-hydrogen) atoms. The number of anilines is 1. The van der Waals surface area contributed by atoms with Crippen molar-refractivity contribution in [2.24, 2.45) is 5.92 Å². The van der Waals surface area contributed by atoms with Gasteiger partial charge < -0.3 is 9.80 Å². The SMILES string of the molecule is CCc1ccc(-c2ccc(N3CCN(C(=O)C4CCCCC4)CC3)nn2)cc1. The molecule has 1 saturated heterocycles. The average Bonchev–Trinajstić information content (AvgIpc) is 2.79. The van der Waals surface area contributed by atoms with Crippen molar-refractivity contribution in [1.82, 2.24) is 15.1 Å². The van der Waals surface area contributed by atoms with Gasteiger partial charge in [-0.3, -0.25) is 4.79 Å². The highest BCUT2D eigenvalue weighted by Gasteiger charge is 2.28. The molecule has 1 aliphatic heterocycles. The molecule has 1 saturated carbocycles. The number of nitrogens with zero attached hydrogens (tertiary/aromatic N) is 4. The van der Waals surface area contributed by atoms with Gasteiger partial charge in [0.2, 0.25) is 5.91 Å². The second kappa shape index (κ2) is 8.72. The lowest BCUT2D eigenvalue weighted by Crippen LogP contribution is -2.50. The number of aryl methyl sites for hydroxylation is 1. The minimum absolute atomic E-state index is 0.262. The Labute approximate surface area is 167 Å². The lowest BCUT2D eigenvalue weighted by Gasteiger charge is -2.37. The van der Waals surface area contributed by atoms with Gasteiger partial charge in [-0.1, -0.05) is 50.5 Å². The number of hydrogen-bond acceptors (Lipinski definition) is 4. The van der Waals surface area contributed by atoms with Crippen LogP contribution in [0.4, 0.5) is 5.82 Å². The van der Waals surface area contributed by atoms with Crippen molar-refractivity contribution in [3.63, 3.8) is 0 Å². The first-order valence-corrected chi connectivity index (χ1v) is 10.7. The lowest BCUT2D eigenvalue weighted by molar-refractivity contribution is -0.136. The number of benzene rings is 1. The molecule has 1 aromatic carbocycles. The molecule has 5 heteroatoms. The second-order valence-electron chi connectivity index (χ2n) is 7.97. The summed E-state index contributed by atoms with van der Waals surface area (Å²) in [5.41, 5.74) is 3.32. The Morgan fingerprint density at radius 3 is 2.25 bits per heavy atom. The molecule has 5 nitrogen and oxygen atoms in total. The van der Waals surface area contributed by atoms with Gasteiger partial charge in [-0.15, -0.1) is 10.2 Å². The number of hydrogen-bond donors (Lipinski definition) is 0. The molecule has 1 aliphatic carbocycles. The van der Waals surface area contributed by atoms with E-state index in [1.807, 2.05) is 6.07 Å². The van der Waals surface area contributed by atoms with Gasteiger partial charge in [-0.2, -0.15) is 0 Å². The molecule has 0 radical (unpaired) electrons. The first-order chi connectivity index (χ1) is 13.7. The van der Waals surface area contributed by atoms with Crippen LogP contribution in [0.15, 0.2) is 36.4 Å². The summed E-state index contributed by atoms with van der Waals surface area (Å²) < 4.78 is 0. The zero-order valence-corrected chi connectivity index (χ0v) is 16.8. The van der Waals surface area contributed by atoms with Crippen LogP contribution in [0.1, 0.15) is 44.6 Å². The number of carbonyl (C=O) groups is 1. The first kappa shape index (κ1) is 18.9. The third kappa shape index (κ3) is 4.18. The van der Waals surface area contributed by atoms with E-state index in [1.54, 1.807) is 0 Å². The van der Waals surface area contributed by atoms with Gasteiger partial charge >= 0.3 is 0 Å². The maximum atomic E-state index is 12.7. The second-order valence-corrected chi connectivity index (χ2v) is 7.97. The van der Waals surface area contributed by atoms with Crippen LogP contribution in [-0.4, -0.2) is 47.2 Å². The van der Waals surface area contributed by atoms with Crippen LogP contribution in [0.5, 0.6) is 0 Å². The van der Waals surface area contributed by atoms with Gasteiger partial charge in [0.05, 0.1) is 5.69 Å². The molecule has 0 unspecified atom stereocenters. The number of amides is 1. The standard InChI is InChI=1S/C23H30N4O/c1-2-18-8-10-19(11-9-18)21-12-13-22(25-24-21)26-14-16-27(17-15-26)23(28)20-6-4-3-5-7-20/h8-13,20H,2-7,14-17H2,1H3. The van der Waals surface area contributed by atoms with Crippen LogP contribution in [0.2, 0.25) is 0 Å². The highest BCUT2D eigenvalue weighted by Crippen LogP contribution is 2.26. The summed E-state index contributed by atoms with van der Waals surface area (Å²) in [6.45, 7) is 5.40. The molecule has 0 spiro atoms. The molecule has 0 N–H and O–H groups in total. The van der Waals surface area contributed by atoms with Crippen molar-refractivity contribution in [1.29, 1.82) is 0 Å². The third-order valence-corrected chi connectivity index (χ3v) is 6.18. The van der Waals surface area contributed by atoms with Crippen molar-refractivity contribution < 1.29 is 4.79 Å². The van der Waals surface area contributed by atoms with Gasteiger partial charge in [0.1, 0.15) is 0 Å². The molecule has 0 bridgehead atoms. The molecule has 148 valence electrons. The van der Waals surface area contributed by atoms with Crippen molar-refractivity contribution in [3.05, 3.63) is 42.0 Å². The lowest BCUT2D eigenvalue weighted by atomic mass is 9.88. The Hall–Kier alpha value is -2.43. The van der Waals surface area contributed by atoms with E-state index in [2.05, 4.69) is 57.3 Å². The zero-order valence-electron chi connectivity index (χ0n) is 16.8. The normalized spacial score (nSPS) is 18.3. The van der Waals surface area contributed by atoms with Gasteiger partial charge in [-0.05, 0) is 37.0 Å². The third-order valence-electron chi connectivity index (χ3n) is 6.18. The largest absolute Gasteiger partial charge is 0.352 e. The number of aromatic nitrogens is 2. The molecule has 2 fully saturated rings. The van der Waals surface area contributed by atoms with Gasteiger partial charge in [0.15, 0.2) is 5.82 Å². The Bertz CT molecular complexity index is 773. The fourth-order valence-corrected chi connectivity index (χ4v) is 4.32. The number of rotatable bonds is 4. The van der Waals surface area contributed by atoms with Gasteiger partial charge in [0, 0.05) is 37.7 Å². The molecule has 1 amide bonds. The molecular weight excluding hydrogens is 348 g/mol. The van der Waals surface area contributed by atoms with Crippen molar-refractivity contribution in [2.45, 2.75) is 45.4 Å². The summed E-state index contributed by atoms with van der Waals surface area (Å²) in [6, 6.07) is 12.6. The Morgan fingerprint density at radius 2 is 1.64 bits per heavy atom. The van der Waals surface area contributed by atoms with Gasteiger partial charge in [0.25, 0.3) is 0 Å². The fraction of sp³-hybridized carbons (Fsp3) is 0.522. The van der Waals surface area contributed by atoms with Crippen LogP contribution < -0.4 is 4.90 Å². The Balaban J connectivity index is 1.34. The highest BCUT2D eigenvalue weighted by atomic mass is 16.2. The predicted octanol–water partition coefficient (Wildman–Crippen LogP) is 3.93. The highest BCUT2D eigenvalue weighted by molar-refractivity contribution is 5.79. The maximum Gasteiger partial charge on any atom is 0.225 e. The summed E-state index contributed by atoms with van der Waals surface area (Å²) in [5, 5.41) is 8.89. The van der Waals surface area contributed by atoms with Crippen LogP contribution in [-0.2, 0) is 11.2 Å². The van der Waals surface area contributed by atoms with E-state index in [0.29, 0.717) is 5.91 Å². The Morgan fingerprint density at radius 1 is 0.929 bits per heavy atom. The molecule has 2 aliphatic rings. The van der Waals surface area contributed by atoms with Crippen LogP contribution >= 0.6 is 0 Å². The Kier molecular flexibility index (Phi) is 5.89. The number of carbonyl (C=O) groups excluding carboxylic acids is 1. The van der Waals surface area contributed by atoms with Crippen LogP contribution in [0.3, 0.4) is 0 Å². The summed E-state index contributed by atoms with van der Waals surface area (Å²) in [4.78, 5) is 17.0. The quantitative estimate of drug-likeness (QED) is 0.809. The summed E-state index contributed by atoms with van der Waals surface area (Å²) in [5.74, 6) is 1.54. The van der Waals surface area contributed by atoms with Crippen molar-refractivity contribution >= 4 is 11.7 Å². The molecule has 0 atom stereocenters. The van der Waals surface area contributed by atoms with E-state index >= 15 is 0 Å². The summed E-state index contributed by atoms with van der Waals surface area (Å²) in [6.07, 6.45) is 6.89. The van der Waals surface area contributed by atoms with Crippen LogP contribution in [0.25, 0.3) is 11.3 Å². The molecule has 2 heterocycles. The molecule has 2 aromatic rings. The van der Waals surface area contributed by atoms with Crippen molar-refractivity contribution in [3.8, 4) is 11.3 Å². The van der Waals surface area contributed by atoms with E-state index in [9.17, 15) is 4.79 Å². The minimum Gasteiger partial charge on any atom is -0.352 e. The predicted molar refractivity (Wildman–Crippen MR) is 112 cm³/mol. The maximum absolute atomic E-state index is 12.7.